The molecule has 3 N–H and O–H groups in total. The second-order valence-corrected chi connectivity index (χ2v) is 2.87. The summed E-state index contributed by atoms with van der Waals surface area (Å²) in [6, 6.07) is 0. The van der Waals surface area contributed by atoms with Crippen LogP contribution in [-0.4, -0.2) is 44.2 Å². The third-order valence-electron chi connectivity index (χ3n) is 1.96. The van der Waals surface area contributed by atoms with Crippen molar-refractivity contribution in [3.8, 4) is 0 Å². The molecule has 0 aromatic rings. The molecule has 0 amide bonds. The van der Waals surface area contributed by atoms with Gasteiger partial charge in [-0.25, -0.2) is 5.84 Å². The molecule has 0 radical (unpaired) electrons. The number of ether oxygens (including phenoxy) is 1. The minimum atomic E-state index is 0.736. The maximum absolute atomic E-state index is 5.39. The molecule has 0 aromatic carbocycles. The van der Waals surface area contributed by atoms with Crippen molar-refractivity contribution in [2.24, 2.45) is 10.8 Å². The molecule has 0 spiro atoms. The second-order valence-electron chi connectivity index (χ2n) is 2.87. The molecule has 0 atom stereocenters. The minimum Gasteiger partial charge on any atom is -0.385 e. The summed E-state index contributed by atoms with van der Waals surface area (Å²) in [5, 5.41) is 0. The van der Waals surface area contributed by atoms with E-state index < -0.39 is 0 Å². The number of hydrogen-bond donors (Lipinski definition) is 2. The van der Waals surface area contributed by atoms with E-state index in [-0.39, 0.29) is 0 Å². The third-order valence-corrected chi connectivity index (χ3v) is 1.96. The Balaban J connectivity index is 3.96. The zero-order valence-corrected chi connectivity index (χ0v) is 9.42. The average molecular weight is 202 g/mol. The van der Waals surface area contributed by atoms with Crippen LogP contribution in [0.3, 0.4) is 0 Å². The van der Waals surface area contributed by atoms with E-state index in [0.717, 1.165) is 38.6 Å². The van der Waals surface area contributed by atoms with Gasteiger partial charge in [-0.1, -0.05) is 0 Å². The number of methoxy groups -OCH3 is 1. The van der Waals surface area contributed by atoms with E-state index in [1.165, 1.54) is 0 Å². The normalized spacial score (nSPS) is 11.6. The quantitative estimate of drug-likeness (QED) is 0.212. The summed E-state index contributed by atoms with van der Waals surface area (Å²) in [4.78, 5) is 6.42. The number of hydrazine groups is 1. The molecule has 0 fully saturated rings. The zero-order valence-electron chi connectivity index (χ0n) is 9.42. The van der Waals surface area contributed by atoms with Gasteiger partial charge in [-0.3, -0.25) is 10.4 Å². The van der Waals surface area contributed by atoms with Gasteiger partial charge in [0.05, 0.1) is 0 Å². The van der Waals surface area contributed by atoms with Gasteiger partial charge in [0.2, 0.25) is 5.96 Å². The summed E-state index contributed by atoms with van der Waals surface area (Å²) in [7, 11) is 1.69. The van der Waals surface area contributed by atoms with Gasteiger partial charge < -0.3 is 9.64 Å². The highest BCUT2D eigenvalue weighted by Crippen LogP contribution is 1.90. The van der Waals surface area contributed by atoms with E-state index in [2.05, 4.69) is 29.2 Å². The summed E-state index contributed by atoms with van der Waals surface area (Å²) in [5.41, 5.74) is 2.62. The Labute approximate surface area is 86.3 Å². The number of guanidine groups is 1. The van der Waals surface area contributed by atoms with Crippen LogP contribution in [0.15, 0.2) is 4.99 Å². The SMILES string of the molecule is CCN(CC)C(=NCCCOC)NN. The lowest BCUT2D eigenvalue weighted by atomic mass is 10.4. The Kier molecular flexibility index (Phi) is 8.27. The standard InChI is InChI=1S/C9H22N4O/c1-4-13(5-2)9(12-10)11-7-6-8-14-3/h4-8,10H2,1-3H3,(H,11,12). The predicted octanol–water partition coefficient (Wildman–Crippen LogP) is 0.184. The molecule has 14 heavy (non-hydrogen) atoms. The van der Waals surface area contributed by atoms with Gasteiger partial charge in [0.1, 0.15) is 0 Å². The van der Waals surface area contributed by atoms with Crippen LogP contribution in [0.1, 0.15) is 20.3 Å². The van der Waals surface area contributed by atoms with Gasteiger partial charge in [0, 0.05) is 33.4 Å². The van der Waals surface area contributed by atoms with Crippen molar-refractivity contribution in [1.82, 2.24) is 10.3 Å². The maximum Gasteiger partial charge on any atom is 0.208 e. The molecule has 0 saturated heterocycles. The first kappa shape index (κ1) is 13.2. The lowest BCUT2D eigenvalue weighted by Crippen LogP contribution is -2.44. The van der Waals surface area contributed by atoms with Crippen LogP contribution < -0.4 is 11.3 Å². The molecule has 0 rings (SSSR count). The van der Waals surface area contributed by atoms with Gasteiger partial charge in [-0.05, 0) is 20.3 Å². The lowest BCUT2D eigenvalue weighted by Gasteiger charge is -2.21. The molecule has 0 aliphatic heterocycles. The van der Waals surface area contributed by atoms with E-state index in [1.54, 1.807) is 7.11 Å². The van der Waals surface area contributed by atoms with Crippen LogP contribution in [0.5, 0.6) is 0 Å². The highest BCUT2D eigenvalue weighted by Gasteiger charge is 2.03. The Morgan fingerprint density at radius 1 is 1.43 bits per heavy atom. The highest BCUT2D eigenvalue weighted by atomic mass is 16.5. The molecule has 0 saturated carbocycles. The Morgan fingerprint density at radius 3 is 2.50 bits per heavy atom. The van der Waals surface area contributed by atoms with Crippen LogP contribution >= 0.6 is 0 Å². The van der Waals surface area contributed by atoms with Crippen molar-refractivity contribution in [2.45, 2.75) is 20.3 Å². The number of nitrogens with zero attached hydrogens (tertiary/aromatic N) is 2. The van der Waals surface area contributed by atoms with Crippen molar-refractivity contribution in [2.75, 3.05) is 33.4 Å². The van der Waals surface area contributed by atoms with Crippen LogP contribution in [0.4, 0.5) is 0 Å². The van der Waals surface area contributed by atoms with E-state index >= 15 is 0 Å². The first-order chi connectivity index (χ1) is 6.79. The summed E-state index contributed by atoms with van der Waals surface area (Å²) in [6.45, 7) is 7.44. The van der Waals surface area contributed by atoms with Crippen molar-refractivity contribution in [3.05, 3.63) is 0 Å². The molecule has 0 aliphatic carbocycles. The van der Waals surface area contributed by atoms with E-state index in [1.807, 2.05) is 0 Å². The lowest BCUT2D eigenvalue weighted by molar-refractivity contribution is 0.197. The predicted molar refractivity (Wildman–Crippen MR) is 59.0 cm³/mol. The Morgan fingerprint density at radius 2 is 2.07 bits per heavy atom. The van der Waals surface area contributed by atoms with Gasteiger partial charge in [0.25, 0.3) is 0 Å². The van der Waals surface area contributed by atoms with Crippen LogP contribution in [0, 0.1) is 0 Å². The maximum atomic E-state index is 5.39. The van der Waals surface area contributed by atoms with Crippen LogP contribution in [0.25, 0.3) is 0 Å². The summed E-state index contributed by atoms with van der Waals surface area (Å²) in [6.07, 6.45) is 0.920. The Bertz CT molecular complexity index is 157. The van der Waals surface area contributed by atoms with Crippen LogP contribution in [-0.2, 0) is 4.74 Å². The molecule has 0 unspecified atom stereocenters. The van der Waals surface area contributed by atoms with Gasteiger partial charge >= 0.3 is 0 Å². The third kappa shape index (κ3) is 5.04. The fourth-order valence-electron chi connectivity index (χ4n) is 1.15. The van der Waals surface area contributed by atoms with Crippen molar-refractivity contribution in [3.63, 3.8) is 0 Å². The fraction of sp³-hybridized carbons (Fsp3) is 0.889. The second kappa shape index (κ2) is 8.77. The molecule has 84 valence electrons. The smallest absolute Gasteiger partial charge is 0.208 e. The number of hydrogen-bond acceptors (Lipinski definition) is 3. The van der Waals surface area contributed by atoms with Crippen LogP contribution in [0.2, 0.25) is 0 Å². The molecule has 0 heterocycles. The van der Waals surface area contributed by atoms with E-state index in [9.17, 15) is 0 Å². The first-order valence-corrected chi connectivity index (χ1v) is 5.05. The fourth-order valence-corrected chi connectivity index (χ4v) is 1.15. The van der Waals surface area contributed by atoms with E-state index in [4.69, 9.17) is 10.6 Å². The average Bonchev–Trinajstić information content (AvgIpc) is 2.23. The zero-order chi connectivity index (χ0) is 10.8. The largest absolute Gasteiger partial charge is 0.385 e. The number of rotatable bonds is 6. The van der Waals surface area contributed by atoms with Gasteiger partial charge in [-0.2, -0.15) is 0 Å². The summed E-state index contributed by atoms with van der Waals surface area (Å²) in [5.74, 6) is 6.14. The van der Waals surface area contributed by atoms with Crippen molar-refractivity contribution in [1.29, 1.82) is 0 Å². The molecule has 0 aromatic heterocycles. The molecular weight excluding hydrogens is 180 g/mol. The summed E-state index contributed by atoms with van der Waals surface area (Å²) < 4.78 is 4.94. The van der Waals surface area contributed by atoms with Gasteiger partial charge in [-0.15, -0.1) is 0 Å². The topological polar surface area (TPSA) is 62.9 Å². The van der Waals surface area contributed by atoms with Crippen molar-refractivity contribution >= 4 is 5.96 Å². The van der Waals surface area contributed by atoms with Crippen molar-refractivity contribution < 1.29 is 4.74 Å². The molecular formula is C9H22N4O. The van der Waals surface area contributed by atoms with E-state index in [0.29, 0.717) is 0 Å². The Hall–Kier alpha value is -0.810. The molecule has 5 heteroatoms. The first-order valence-electron chi connectivity index (χ1n) is 5.05. The molecule has 0 aliphatic rings. The highest BCUT2D eigenvalue weighted by molar-refractivity contribution is 5.79. The summed E-state index contributed by atoms with van der Waals surface area (Å²) >= 11 is 0. The molecule has 5 nitrogen and oxygen atoms in total. The number of nitrogens with one attached hydrogen (secondary N) is 1. The number of aliphatic imine (C=N–C) groups is 1. The van der Waals surface area contributed by atoms with Gasteiger partial charge in [0.15, 0.2) is 0 Å². The monoisotopic (exact) mass is 202 g/mol. The minimum absolute atomic E-state index is 0.736. The molecule has 0 bridgehead atoms. The number of nitrogens with two attached hydrogens (primary N) is 1.